The Morgan fingerprint density at radius 2 is 2.26 bits per heavy atom. The van der Waals surface area contributed by atoms with Crippen LogP contribution < -0.4 is 16.4 Å². The van der Waals surface area contributed by atoms with Crippen molar-refractivity contribution in [2.45, 2.75) is 19.3 Å². The van der Waals surface area contributed by atoms with Gasteiger partial charge in [0.15, 0.2) is 0 Å². The first kappa shape index (κ1) is 15.7. The van der Waals surface area contributed by atoms with Crippen LogP contribution in [0.5, 0.6) is 0 Å². The van der Waals surface area contributed by atoms with Crippen molar-refractivity contribution in [3.05, 3.63) is 12.7 Å². The first-order valence-corrected chi connectivity index (χ1v) is 6.76. The molecule has 6 heteroatoms. The molecule has 0 aromatic carbocycles. The summed E-state index contributed by atoms with van der Waals surface area (Å²) in [5.74, 6) is 0.302. The fraction of sp³-hybridized carbons (Fsp3) is 0.692. The Bertz CT molecular complexity index is 318. The summed E-state index contributed by atoms with van der Waals surface area (Å²) >= 11 is 0. The lowest BCUT2D eigenvalue weighted by atomic mass is 9.95. The largest absolute Gasteiger partial charge is 0.334 e. The Labute approximate surface area is 114 Å². The minimum atomic E-state index is -0.472. The van der Waals surface area contributed by atoms with E-state index in [4.69, 9.17) is 5.73 Å². The fourth-order valence-corrected chi connectivity index (χ4v) is 2.34. The van der Waals surface area contributed by atoms with Crippen LogP contribution >= 0.6 is 0 Å². The Hall–Kier alpha value is -1.40. The maximum atomic E-state index is 11.7. The van der Waals surface area contributed by atoms with E-state index in [0.29, 0.717) is 19.0 Å². The Kier molecular flexibility index (Phi) is 7.14. The molecular weight excluding hydrogens is 244 g/mol. The van der Waals surface area contributed by atoms with Gasteiger partial charge in [0, 0.05) is 13.1 Å². The summed E-state index contributed by atoms with van der Waals surface area (Å²) in [5.41, 5.74) is 5.56. The van der Waals surface area contributed by atoms with Crippen LogP contribution in [0.2, 0.25) is 0 Å². The minimum Gasteiger partial charge on any atom is -0.334 e. The van der Waals surface area contributed by atoms with Crippen molar-refractivity contribution in [1.82, 2.24) is 15.5 Å². The first-order valence-electron chi connectivity index (χ1n) is 6.76. The van der Waals surface area contributed by atoms with Gasteiger partial charge in [-0.3, -0.25) is 15.0 Å². The number of nitrogens with one attached hydrogen (secondary N) is 2. The van der Waals surface area contributed by atoms with Crippen LogP contribution in [-0.4, -0.2) is 49.6 Å². The molecule has 1 saturated heterocycles. The summed E-state index contributed by atoms with van der Waals surface area (Å²) < 4.78 is 0. The number of imide groups is 1. The second kappa shape index (κ2) is 8.66. The molecule has 0 spiro atoms. The zero-order valence-electron chi connectivity index (χ0n) is 11.4. The van der Waals surface area contributed by atoms with Gasteiger partial charge in [-0.2, -0.15) is 0 Å². The van der Waals surface area contributed by atoms with Gasteiger partial charge in [0.2, 0.25) is 5.91 Å². The fourth-order valence-electron chi connectivity index (χ4n) is 2.34. The van der Waals surface area contributed by atoms with Gasteiger partial charge in [-0.05, 0) is 38.3 Å². The maximum Gasteiger partial charge on any atom is 0.321 e. The number of amides is 3. The van der Waals surface area contributed by atoms with Crippen LogP contribution in [0.15, 0.2) is 12.7 Å². The van der Waals surface area contributed by atoms with Crippen molar-refractivity contribution in [1.29, 1.82) is 0 Å². The number of nitrogens with two attached hydrogens (primary N) is 1. The Balaban J connectivity index is 2.27. The lowest BCUT2D eigenvalue weighted by Crippen LogP contribution is -2.47. The third-order valence-electron chi connectivity index (χ3n) is 3.21. The van der Waals surface area contributed by atoms with Crippen LogP contribution in [0.25, 0.3) is 0 Å². The zero-order chi connectivity index (χ0) is 14.1. The number of urea groups is 1. The van der Waals surface area contributed by atoms with Crippen LogP contribution in [-0.2, 0) is 4.79 Å². The quantitative estimate of drug-likeness (QED) is 0.594. The van der Waals surface area contributed by atoms with Crippen molar-refractivity contribution in [2.24, 2.45) is 11.7 Å². The molecule has 6 nitrogen and oxygen atoms in total. The van der Waals surface area contributed by atoms with Crippen molar-refractivity contribution in [3.63, 3.8) is 0 Å². The van der Waals surface area contributed by atoms with Crippen molar-refractivity contribution >= 4 is 11.9 Å². The number of piperidine rings is 1. The SMILES string of the molecule is C=CCNC(=O)NC(=O)CN1CCCC(CCN)C1. The second-order valence-corrected chi connectivity index (χ2v) is 4.87. The summed E-state index contributed by atoms with van der Waals surface area (Å²) in [6.07, 6.45) is 4.82. The highest BCUT2D eigenvalue weighted by atomic mass is 16.2. The molecule has 19 heavy (non-hydrogen) atoms. The van der Waals surface area contributed by atoms with Gasteiger partial charge in [-0.15, -0.1) is 6.58 Å². The molecule has 1 atom stereocenters. The van der Waals surface area contributed by atoms with E-state index in [1.54, 1.807) is 6.08 Å². The van der Waals surface area contributed by atoms with Crippen LogP contribution in [0.1, 0.15) is 19.3 Å². The van der Waals surface area contributed by atoms with E-state index in [9.17, 15) is 9.59 Å². The number of hydrogen-bond acceptors (Lipinski definition) is 4. The molecule has 0 radical (unpaired) electrons. The minimum absolute atomic E-state index is 0.266. The molecule has 3 amide bonds. The van der Waals surface area contributed by atoms with Gasteiger partial charge in [0.1, 0.15) is 0 Å². The lowest BCUT2D eigenvalue weighted by molar-refractivity contribution is -0.121. The topological polar surface area (TPSA) is 87.5 Å². The van der Waals surface area contributed by atoms with Crippen molar-refractivity contribution < 1.29 is 9.59 Å². The summed E-state index contributed by atoms with van der Waals surface area (Å²) in [6, 6.07) is -0.472. The van der Waals surface area contributed by atoms with Gasteiger partial charge in [0.25, 0.3) is 0 Å². The van der Waals surface area contributed by atoms with E-state index in [1.165, 1.54) is 6.42 Å². The molecule has 0 aromatic rings. The van der Waals surface area contributed by atoms with E-state index < -0.39 is 6.03 Å². The predicted molar refractivity (Wildman–Crippen MR) is 74.6 cm³/mol. The Morgan fingerprint density at radius 3 is 2.95 bits per heavy atom. The lowest BCUT2D eigenvalue weighted by Gasteiger charge is -2.31. The van der Waals surface area contributed by atoms with E-state index in [1.807, 2.05) is 0 Å². The standard InChI is InChI=1S/C13H24N4O2/c1-2-7-15-13(19)16-12(18)10-17-8-3-4-11(9-17)5-6-14/h2,11H,1,3-10,14H2,(H2,15,16,18,19). The number of hydrogen-bond donors (Lipinski definition) is 3. The normalized spacial score (nSPS) is 19.7. The molecule has 0 bridgehead atoms. The van der Waals surface area contributed by atoms with Crippen molar-refractivity contribution in [3.8, 4) is 0 Å². The van der Waals surface area contributed by atoms with Crippen molar-refractivity contribution in [2.75, 3.05) is 32.7 Å². The third-order valence-corrected chi connectivity index (χ3v) is 3.21. The molecular formula is C13H24N4O2. The van der Waals surface area contributed by atoms with E-state index in [0.717, 1.165) is 25.9 Å². The predicted octanol–water partition coefficient (Wildman–Crippen LogP) is 0.0590. The maximum absolute atomic E-state index is 11.7. The summed E-state index contributed by atoms with van der Waals surface area (Å²) in [4.78, 5) is 25.1. The summed E-state index contributed by atoms with van der Waals surface area (Å²) in [7, 11) is 0. The first-order chi connectivity index (χ1) is 9.15. The van der Waals surface area contributed by atoms with E-state index in [-0.39, 0.29) is 12.5 Å². The number of rotatable bonds is 6. The number of likely N-dealkylation sites (tertiary alicyclic amines) is 1. The highest BCUT2D eigenvalue weighted by Gasteiger charge is 2.21. The molecule has 108 valence electrons. The zero-order valence-corrected chi connectivity index (χ0v) is 11.4. The van der Waals surface area contributed by atoms with Gasteiger partial charge in [-0.25, -0.2) is 4.79 Å². The molecule has 4 N–H and O–H groups in total. The van der Waals surface area contributed by atoms with Gasteiger partial charge < -0.3 is 11.1 Å². The molecule has 0 aliphatic carbocycles. The van der Waals surface area contributed by atoms with Gasteiger partial charge in [0.05, 0.1) is 6.54 Å². The molecule has 0 aromatic heterocycles. The molecule has 1 aliphatic heterocycles. The summed E-state index contributed by atoms with van der Waals surface area (Å²) in [5, 5.41) is 4.81. The molecule has 0 saturated carbocycles. The van der Waals surface area contributed by atoms with Gasteiger partial charge in [-0.1, -0.05) is 6.08 Å². The smallest absolute Gasteiger partial charge is 0.321 e. The van der Waals surface area contributed by atoms with Crippen LogP contribution in [0, 0.1) is 5.92 Å². The average molecular weight is 268 g/mol. The summed E-state index contributed by atoms with van der Waals surface area (Å²) in [6.45, 7) is 6.58. The molecule has 1 rings (SSSR count). The number of carbonyl (C=O) groups excluding carboxylic acids is 2. The Morgan fingerprint density at radius 1 is 1.47 bits per heavy atom. The van der Waals surface area contributed by atoms with Gasteiger partial charge >= 0.3 is 6.03 Å². The highest BCUT2D eigenvalue weighted by molar-refractivity contribution is 5.95. The molecule has 1 unspecified atom stereocenters. The second-order valence-electron chi connectivity index (χ2n) is 4.87. The van der Waals surface area contributed by atoms with E-state index in [2.05, 4.69) is 22.1 Å². The molecule has 1 fully saturated rings. The molecule has 1 aliphatic rings. The molecule has 1 heterocycles. The highest BCUT2D eigenvalue weighted by Crippen LogP contribution is 2.18. The third kappa shape index (κ3) is 6.35. The number of nitrogens with zero attached hydrogens (tertiary/aromatic N) is 1. The van der Waals surface area contributed by atoms with Crippen LogP contribution in [0.3, 0.4) is 0 Å². The monoisotopic (exact) mass is 268 g/mol. The average Bonchev–Trinajstić information content (AvgIpc) is 2.37. The van der Waals surface area contributed by atoms with E-state index >= 15 is 0 Å². The number of carbonyl (C=O) groups is 2. The van der Waals surface area contributed by atoms with Crippen LogP contribution in [0.4, 0.5) is 4.79 Å².